The highest BCUT2D eigenvalue weighted by Gasteiger charge is 2.03. The van der Waals surface area contributed by atoms with Gasteiger partial charge in [0, 0.05) is 38.0 Å². The third-order valence-corrected chi connectivity index (χ3v) is 2.66. The lowest BCUT2D eigenvalue weighted by Gasteiger charge is -2.13. The molecule has 0 bridgehead atoms. The molecule has 2 rings (SSSR count). The van der Waals surface area contributed by atoms with E-state index in [2.05, 4.69) is 0 Å². The molecule has 1 heterocycles. The molecule has 0 saturated heterocycles. The average molecular weight is 246 g/mol. The van der Waals surface area contributed by atoms with Gasteiger partial charge in [-0.25, -0.2) is 0 Å². The second kappa shape index (κ2) is 5.60. The third kappa shape index (κ3) is 3.05. The molecule has 0 fully saturated rings. The summed E-state index contributed by atoms with van der Waals surface area (Å²) >= 11 is 0. The number of anilines is 1. The summed E-state index contributed by atoms with van der Waals surface area (Å²) in [5.41, 5.74) is 7.61. The lowest BCUT2D eigenvalue weighted by molar-refractivity contribution is 0.270. The van der Waals surface area contributed by atoms with Crippen molar-refractivity contribution in [2.45, 2.75) is 13.2 Å². The SMILES string of the molecule is CN(C)c1cccc(OCc2cc(CN)co2)c1. The van der Waals surface area contributed by atoms with E-state index in [1.165, 1.54) is 0 Å². The van der Waals surface area contributed by atoms with Crippen molar-refractivity contribution in [1.29, 1.82) is 0 Å². The fourth-order valence-corrected chi connectivity index (χ4v) is 1.61. The molecule has 0 saturated carbocycles. The predicted molar refractivity (Wildman–Crippen MR) is 71.7 cm³/mol. The number of nitrogens with zero attached hydrogens (tertiary/aromatic N) is 1. The highest BCUT2D eigenvalue weighted by Crippen LogP contribution is 2.20. The maximum atomic E-state index is 5.68. The van der Waals surface area contributed by atoms with E-state index in [1.54, 1.807) is 6.26 Å². The molecule has 4 heteroatoms. The Balaban J connectivity index is 1.99. The van der Waals surface area contributed by atoms with E-state index in [4.69, 9.17) is 14.9 Å². The zero-order valence-corrected chi connectivity index (χ0v) is 10.7. The Morgan fingerprint density at radius 1 is 1.28 bits per heavy atom. The van der Waals surface area contributed by atoms with E-state index < -0.39 is 0 Å². The monoisotopic (exact) mass is 246 g/mol. The molecule has 2 N–H and O–H groups in total. The van der Waals surface area contributed by atoms with Crippen LogP contribution in [0.25, 0.3) is 0 Å². The molecule has 0 aliphatic carbocycles. The van der Waals surface area contributed by atoms with Crippen LogP contribution in [-0.2, 0) is 13.2 Å². The van der Waals surface area contributed by atoms with Crippen LogP contribution in [0.1, 0.15) is 11.3 Å². The van der Waals surface area contributed by atoms with Gasteiger partial charge in [0.2, 0.25) is 0 Å². The van der Waals surface area contributed by atoms with Crippen molar-refractivity contribution >= 4 is 5.69 Å². The van der Waals surface area contributed by atoms with Gasteiger partial charge in [-0.2, -0.15) is 0 Å². The summed E-state index contributed by atoms with van der Waals surface area (Å²) in [7, 11) is 4.00. The normalized spacial score (nSPS) is 10.4. The van der Waals surface area contributed by atoms with Crippen molar-refractivity contribution in [2.75, 3.05) is 19.0 Å². The first-order valence-corrected chi connectivity index (χ1v) is 5.85. The van der Waals surface area contributed by atoms with Crippen molar-refractivity contribution in [3.05, 3.63) is 47.9 Å². The second-order valence-corrected chi connectivity index (χ2v) is 4.31. The highest BCUT2D eigenvalue weighted by molar-refractivity contribution is 5.49. The molecule has 0 amide bonds. The fourth-order valence-electron chi connectivity index (χ4n) is 1.61. The zero-order valence-electron chi connectivity index (χ0n) is 10.7. The van der Waals surface area contributed by atoms with Crippen LogP contribution in [0.2, 0.25) is 0 Å². The summed E-state index contributed by atoms with van der Waals surface area (Å²) in [6.45, 7) is 0.899. The van der Waals surface area contributed by atoms with Crippen LogP contribution in [0.4, 0.5) is 5.69 Å². The Morgan fingerprint density at radius 2 is 2.11 bits per heavy atom. The van der Waals surface area contributed by atoms with Crippen LogP contribution in [0.3, 0.4) is 0 Å². The molecule has 0 aliphatic rings. The summed E-state index contributed by atoms with van der Waals surface area (Å²) in [5, 5.41) is 0. The quantitative estimate of drug-likeness (QED) is 0.880. The molecule has 2 aromatic rings. The van der Waals surface area contributed by atoms with Crippen molar-refractivity contribution in [1.82, 2.24) is 0 Å². The number of furan rings is 1. The molecule has 0 unspecified atom stereocenters. The lowest BCUT2D eigenvalue weighted by atomic mass is 10.3. The Kier molecular flexibility index (Phi) is 3.89. The average Bonchev–Trinajstić information content (AvgIpc) is 2.84. The van der Waals surface area contributed by atoms with Crippen molar-refractivity contribution in [3.63, 3.8) is 0 Å². The van der Waals surface area contributed by atoms with E-state index in [0.717, 1.165) is 22.8 Å². The molecule has 0 radical (unpaired) electrons. The van der Waals surface area contributed by atoms with Crippen LogP contribution in [0.15, 0.2) is 41.0 Å². The number of hydrogen-bond donors (Lipinski definition) is 1. The molecule has 1 aromatic carbocycles. The van der Waals surface area contributed by atoms with Gasteiger partial charge in [-0.05, 0) is 18.2 Å². The minimum absolute atomic E-state index is 0.414. The number of benzene rings is 1. The first-order chi connectivity index (χ1) is 8.69. The highest BCUT2D eigenvalue weighted by atomic mass is 16.5. The maximum absolute atomic E-state index is 5.68. The van der Waals surface area contributed by atoms with Crippen LogP contribution in [-0.4, -0.2) is 14.1 Å². The van der Waals surface area contributed by atoms with Crippen LogP contribution >= 0.6 is 0 Å². The molecular weight excluding hydrogens is 228 g/mol. The number of hydrogen-bond acceptors (Lipinski definition) is 4. The Labute approximate surface area is 107 Å². The van der Waals surface area contributed by atoms with Crippen molar-refractivity contribution in [2.24, 2.45) is 5.73 Å². The smallest absolute Gasteiger partial charge is 0.146 e. The number of nitrogens with two attached hydrogens (primary N) is 1. The molecule has 4 nitrogen and oxygen atoms in total. The summed E-state index contributed by atoms with van der Waals surface area (Å²) in [6.07, 6.45) is 1.66. The van der Waals surface area contributed by atoms with Gasteiger partial charge in [-0.1, -0.05) is 6.07 Å². The van der Waals surface area contributed by atoms with Gasteiger partial charge in [-0.15, -0.1) is 0 Å². The van der Waals surface area contributed by atoms with Crippen molar-refractivity contribution < 1.29 is 9.15 Å². The van der Waals surface area contributed by atoms with Crippen LogP contribution < -0.4 is 15.4 Å². The molecule has 0 spiro atoms. The molecular formula is C14H18N2O2. The summed E-state index contributed by atoms with van der Waals surface area (Å²) < 4.78 is 11.0. The molecule has 0 atom stereocenters. The van der Waals surface area contributed by atoms with E-state index in [0.29, 0.717) is 13.2 Å². The van der Waals surface area contributed by atoms with Gasteiger partial charge < -0.3 is 19.8 Å². The van der Waals surface area contributed by atoms with E-state index in [1.807, 2.05) is 49.3 Å². The standard InChI is InChI=1S/C14H18N2O2/c1-16(2)12-4-3-5-13(7-12)18-10-14-6-11(8-15)9-17-14/h3-7,9H,8,10,15H2,1-2H3. The molecule has 18 heavy (non-hydrogen) atoms. The summed E-state index contributed by atoms with van der Waals surface area (Å²) in [4.78, 5) is 2.03. The predicted octanol–water partition coefficient (Wildman–Crippen LogP) is 2.38. The number of rotatable bonds is 5. The van der Waals surface area contributed by atoms with Crippen molar-refractivity contribution in [3.8, 4) is 5.75 Å². The Morgan fingerprint density at radius 3 is 2.78 bits per heavy atom. The summed E-state index contributed by atoms with van der Waals surface area (Å²) in [5.74, 6) is 1.61. The Bertz CT molecular complexity index is 506. The van der Waals surface area contributed by atoms with Gasteiger partial charge in [-0.3, -0.25) is 0 Å². The maximum Gasteiger partial charge on any atom is 0.146 e. The zero-order chi connectivity index (χ0) is 13.0. The van der Waals surface area contributed by atoms with Gasteiger partial charge in [0.25, 0.3) is 0 Å². The van der Waals surface area contributed by atoms with Crippen LogP contribution in [0.5, 0.6) is 5.75 Å². The molecule has 96 valence electrons. The topological polar surface area (TPSA) is 51.6 Å². The van der Waals surface area contributed by atoms with Gasteiger partial charge >= 0.3 is 0 Å². The van der Waals surface area contributed by atoms with Crippen LogP contribution in [0, 0.1) is 0 Å². The first-order valence-electron chi connectivity index (χ1n) is 5.85. The second-order valence-electron chi connectivity index (χ2n) is 4.31. The molecule has 0 aliphatic heterocycles. The minimum Gasteiger partial charge on any atom is -0.486 e. The summed E-state index contributed by atoms with van der Waals surface area (Å²) in [6, 6.07) is 9.84. The lowest BCUT2D eigenvalue weighted by Crippen LogP contribution is -2.08. The molecule has 1 aromatic heterocycles. The third-order valence-electron chi connectivity index (χ3n) is 2.66. The van der Waals surface area contributed by atoms with E-state index >= 15 is 0 Å². The van der Waals surface area contributed by atoms with E-state index in [9.17, 15) is 0 Å². The first kappa shape index (κ1) is 12.5. The minimum atomic E-state index is 0.414. The largest absolute Gasteiger partial charge is 0.486 e. The fraction of sp³-hybridized carbons (Fsp3) is 0.286. The van der Waals surface area contributed by atoms with Gasteiger partial charge in [0.15, 0.2) is 0 Å². The number of ether oxygens (including phenoxy) is 1. The van der Waals surface area contributed by atoms with E-state index in [-0.39, 0.29) is 0 Å². The van der Waals surface area contributed by atoms with Gasteiger partial charge in [0.05, 0.1) is 6.26 Å². The Hall–Kier alpha value is -1.94. The van der Waals surface area contributed by atoms with Gasteiger partial charge in [0.1, 0.15) is 18.1 Å².